The van der Waals surface area contributed by atoms with Crippen molar-refractivity contribution >= 4 is 35.7 Å². The number of anilines is 1. The number of carbonyl (C=O) groups is 3. The minimum Gasteiger partial charge on any atom is -0.335 e. The van der Waals surface area contributed by atoms with E-state index in [-0.39, 0.29) is 30.4 Å². The first kappa shape index (κ1) is 20.4. The molecule has 0 aliphatic carbocycles. The van der Waals surface area contributed by atoms with E-state index in [1.165, 1.54) is 0 Å². The van der Waals surface area contributed by atoms with E-state index in [2.05, 4.69) is 22.5 Å². The Morgan fingerprint density at radius 1 is 1.13 bits per heavy atom. The number of urea groups is 1. The van der Waals surface area contributed by atoms with Crippen molar-refractivity contribution in [1.82, 2.24) is 15.5 Å². The fraction of sp³-hybridized carbons (Fsp3) is 0.208. The van der Waals surface area contributed by atoms with Crippen LogP contribution in [0.15, 0.2) is 61.2 Å². The van der Waals surface area contributed by atoms with Gasteiger partial charge in [-0.3, -0.25) is 9.59 Å². The van der Waals surface area contributed by atoms with E-state index in [1.807, 2.05) is 48.6 Å². The summed E-state index contributed by atoms with van der Waals surface area (Å²) in [4.78, 5) is 39.5. The van der Waals surface area contributed by atoms with Crippen LogP contribution in [0.4, 0.5) is 10.5 Å². The first-order chi connectivity index (χ1) is 15.0. The standard InChI is InChI=1S/C24H24N4O3/c1-2-12-25-24(31)26-18-14-21-22(29)27-20-11-10-17(9-8-16-6-4-3-5-7-16)13-19(20)23(30)28(21)15-18/h2-11,13,18,21H,1,12,14-15H2,(H,27,29)(H2,25,26,31)/t18-,21-/m1/s1. The zero-order valence-corrected chi connectivity index (χ0v) is 17.0. The summed E-state index contributed by atoms with van der Waals surface area (Å²) in [5, 5.41) is 8.34. The van der Waals surface area contributed by atoms with Crippen LogP contribution >= 0.6 is 0 Å². The molecule has 2 heterocycles. The number of fused-ring (bicyclic) bond motifs is 2. The molecule has 2 aromatic rings. The highest BCUT2D eigenvalue weighted by atomic mass is 16.2. The Morgan fingerprint density at radius 3 is 2.68 bits per heavy atom. The van der Waals surface area contributed by atoms with Crippen LogP contribution in [0.1, 0.15) is 27.9 Å². The molecule has 1 saturated heterocycles. The molecular formula is C24H24N4O3. The SMILES string of the molecule is C=CCNC(=O)N[C@@H]1C[C@@H]2C(=O)Nc3ccc(C=Cc4ccccc4)cc3C(=O)N2C1. The number of benzene rings is 2. The van der Waals surface area contributed by atoms with Gasteiger partial charge in [-0.1, -0.05) is 54.6 Å². The van der Waals surface area contributed by atoms with Gasteiger partial charge in [0.05, 0.1) is 17.3 Å². The fourth-order valence-corrected chi connectivity index (χ4v) is 3.89. The summed E-state index contributed by atoms with van der Waals surface area (Å²) in [5.74, 6) is -0.459. The molecule has 2 aliphatic rings. The summed E-state index contributed by atoms with van der Waals surface area (Å²) in [6.45, 7) is 4.18. The van der Waals surface area contributed by atoms with Gasteiger partial charge in [0.1, 0.15) is 6.04 Å². The van der Waals surface area contributed by atoms with Crippen molar-refractivity contribution in [3.05, 3.63) is 77.9 Å². The van der Waals surface area contributed by atoms with Crippen molar-refractivity contribution in [3.63, 3.8) is 0 Å². The Labute approximate surface area is 180 Å². The van der Waals surface area contributed by atoms with Gasteiger partial charge in [-0.25, -0.2) is 4.79 Å². The molecule has 2 aliphatic heterocycles. The van der Waals surface area contributed by atoms with Gasteiger partial charge in [-0.05, 0) is 29.7 Å². The molecule has 7 nitrogen and oxygen atoms in total. The van der Waals surface area contributed by atoms with Gasteiger partial charge < -0.3 is 20.9 Å². The largest absolute Gasteiger partial charge is 0.335 e. The molecule has 0 unspecified atom stereocenters. The van der Waals surface area contributed by atoms with Gasteiger partial charge in [0.2, 0.25) is 5.91 Å². The minimum absolute atomic E-state index is 0.218. The van der Waals surface area contributed by atoms with Crippen LogP contribution in [-0.4, -0.2) is 47.9 Å². The van der Waals surface area contributed by atoms with Crippen LogP contribution in [0, 0.1) is 0 Å². The van der Waals surface area contributed by atoms with E-state index < -0.39 is 6.04 Å². The smallest absolute Gasteiger partial charge is 0.315 e. The summed E-state index contributed by atoms with van der Waals surface area (Å²) in [5.41, 5.74) is 2.87. The number of nitrogens with zero attached hydrogens (tertiary/aromatic N) is 1. The highest BCUT2D eigenvalue weighted by Crippen LogP contribution is 2.30. The lowest BCUT2D eigenvalue weighted by molar-refractivity contribution is -0.119. The van der Waals surface area contributed by atoms with Gasteiger partial charge in [0, 0.05) is 13.1 Å². The molecule has 2 aromatic carbocycles. The second-order valence-electron chi connectivity index (χ2n) is 7.59. The quantitative estimate of drug-likeness (QED) is 0.517. The van der Waals surface area contributed by atoms with E-state index in [9.17, 15) is 14.4 Å². The van der Waals surface area contributed by atoms with Gasteiger partial charge in [-0.15, -0.1) is 6.58 Å². The summed E-state index contributed by atoms with van der Waals surface area (Å²) in [6, 6.07) is 14.0. The Kier molecular flexibility index (Phi) is 5.84. The summed E-state index contributed by atoms with van der Waals surface area (Å²) >= 11 is 0. The second-order valence-corrected chi connectivity index (χ2v) is 7.59. The van der Waals surface area contributed by atoms with Crippen LogP contribution in [0.3, 0.4) is 0 Å². The van der Waals surface area contributed by atoms with E-state index in [4.69, 9.17) is 0 Å². The molecule has 0 aromatic heterocycles. The molecule has 4 amide bonds. The molecule has 2 atom stereocenters. The third kappa shape index (κ3) is 4.50. The number of amides is 4. The first-order valence-corrected chi connectivity index (χ1v) is 10.2. The number of hydrogen-bond donors (Lipinski definition) is 3. The lowest BCUT2D eigenvalue weighted by atomic mass is 10.1. The topological polar surface area (TPSA) is 90.5 Å². The Morgan fingerprint density at radius 2 is 1.90 bits per heavy atom. The molecule has 3 N–H and O–H groups in total. The van der Waals surface area contributed by atoms with Crippen LogP contribution in [0.5, 0.6) is 0 Å². The molecular weight excluding hydrogens is 392 g/mol. The van der Waals surface area contributed by atoms with Gasteiger partial charge in [-0.2, -0.15) is 0 Å². The average molecular weight is 416 g/mol. The van der Waals surface area contributed by atoms with Gasteiger partial charge in [0.25, 0.3) is 5.91 Å². The molecule has 31 heavy (non-hydrogen) atoms. The molecule has 4 rings (SSSR count). The maximum absolute atomic E-state index is 13.3. The Bertz CT molecular complexity index is 1050. The van der Waals surface area contributed by atoms with Crippen LogP contribution < -0.4 is 16.0 Å². The Balaban J connectivity index is 1.53. The van der Waals surface area contributed by atoms with E-state index >= 15 is 0 Å². The zero-order valence-electron chi connectivity index (χ0n) is 17.0. The lowest BCUT2D eigenvalue weighted by Gasteiger charge is -2.20. The average Bonchev–Trinajstić information content (AvgIpc) is 3.17. The maximum Gasteiger partial charge on any atom is 0.315 e. The molecule has 0 saturated carbocycles. The van der Waals surface area contributed by atoms with Crippen LogP contribution in [-0.2, 0) is 4.79 Å². The van der Waals surface area contributed by atoms with Gasteiger partial charge >= 0.3 is 6.03 Å². The Hall–Kier alpha value is -3.87. The molecule has 1 fully saturated rings. The van der Waals surface area contributed by atoms with Crippen molar-refractivity contribution in [3.8, 4) is 0 Å². The predicted molar refractivity (Wildman–Crippen MR) is 120 cm³/mol. The molecule has 7 heteroatoms. The van der Waals surface area contributed by atoms with E-state index in [1.54, 1.807) is 23.1 Å². The molecule has 158 valence electrons. The first-order valence-electron chi connectivity index (χ1n) is 10.2. The second kappa shape index (κ2) is 8.87. The van der Waals surface area contributed by atoms with Crippen molar-refractivity contribution in [1.29, 1.82) is 0 Å². The van der Waals surface area contributed by atoms with Crippen molar-refractivity contribution in [2.45, 2.75) is 18.5 Å². The summed E-state index contributed by atoms with van der Waals surface area (Å²) < 4.78 is 0. The third-order valence-corrected chi connectivity index (χ3v) is 5.41. The van der Waals surface area contributed by atoms with Crippen molar-refractivity contribution in [2.24, 2.45) is 0 Å². The third-order valence-electron chi connectivity index (χ3n) is 5.41. The van der Waals surface area contributed by atoms with E-state index in [0.29, 0.717) is 24.2 Å². The number of nitrogens with one attached hydrogen (secondary N) is 3. The number of rotatable bonds is 5. The maximum atomic E-state index is 13.3. The zero-order chi connectivity index (χ0) is 21.8. The van der Waals surface area contributed by atoms with Crippen LogP contribution in [0.25, 0.3) is 12.2 Å². The number of hydrogen-bond acceptors (Lipinski definition) is 3. The number of carbonyl (C=O) groups excluding carboxylic acids is 3. The lowest BCUT2D eigenvalue weighted by Crippen LogP contribution is -2.44. The normalized spacial score (nSPS) is 19.9. The fourth-order valence-electron chi connectivity index (χ4n) is 3.89. The van der Waals surface area contributed by atoms with E-state index in [0.717, 1.165) is 11.1 Å². The van der Waals surface area contributed by atoms with Crippen molar-refractivity contribution < 1.29 is 14.4 Å². The summed E-state index contributed by atoms with van der Waals surface area (Å²) in [6.07, 6.45) is 5.86. The molecule has 0 radical (unpaired) electrons. The highest BCUT2D eigenvalue weighted by Gasteiger charge is 2.43. The molecule has 0 bridgehead atoms. The van der Waals surface area contributed by atoms with Crippen LogP contribution in [0.2, 0.25) is 0 Å². The molecule has 0 spiro atoms. The summed E-state index contributed by atoms with van der Waals surface area (Å²) in [7, 11) is 0. The predicted octanol–water partition coefficient (Wildman–Crippen LogP) is 2.88. The highest BCUT2D eigenvalue weighted by molar-refractivity contribution is 6.10. The van der Waals surface area contributed by atoms with Crippen molar-refractivity contribution in [2.75, 3.05) is 18.4 Å². The van der Waals surface area contributed by atoms with Gasteiger partial charge in [0.15, 0.2) is 0 Å². The minimum atomic E-state index is -0.618. The monoisotopic (exact) mass is 416 g/mol.